The van der Waals surface area contributed by atoms with Crippen molar-refractivity contribution < 1.29 is 18.7 Å². The summed E-state index contributed by atoms with van der Waals surface area (Å²) >= 11 is 0. The van der Waals surface area contributed by atoms with Crippen LogP contribution in [-0.2, 0) is 9.53 Å². The predicted molar refractivity (Wildman–Crippen MR) is 87.3 cm³/mol. The van der Waals surface area contributed by atoms with Crippen LogP contribution in [0.5, 0.6) is 0 Å². The van der Waals surface area contributed by atoms with Crippen molar-refractivity contribution in [3.8, 4) is 0 Å². The van der Waals surface area contributed by atoms with E-state index in [-0.39, 0.29) is 24.9 Å². The van der Waals surface area contributed by atoms with Gasteiger partial charge in [0.15, 0.2) is 0 Å². The van der Waals surface area contributed by atoms with Crippen LogP contribution in [0, 0.1) is 11.8 Å². The molecule has 6 nitrogen and oxygen atoms in total. The van der Waals surface area contributed by atoms with Gasteiger partial charge in [-0.05, 0) is 52.0 Å². The Labute approximate surface area is 142 Å². The molecule has 0 spiro atoms. The lowest BCUT2D eigenvalue weighted by molar-refractivity contribution is -0.126. The largest absolute Gasteiger partial charge is 0.444 e. The van der Waals surface area contributed by atoms with Crippen molar-refractivity contribution in [1.82, 2.24) is 15.5 Å². The Hall–Kier alpha value is -1.37. The molecule has 0 aromatic heterocycles. The van der Waals surface area contributed by atoms with Gasteiger partial charge in [-0.2, -0.15) is 0 Å². The van der Waals surface area contributed by atoms with Crippen molar-refractivity contribution in [2.24, 2.45) is 11.8 Å². The highest BCUT2D eigenvalue weighted by Gasteiger charge is 2.45. The number of carbonyl (C=O) groups is 2. The van der Waals surface area contributed by atoms with Gasteiger partial charge in [-0.3, -0.25) is 9.69 Å². The SMILES string of the molecule is CC(C)(C)OC(=O)N1CC(F)CC1C(=O)NC1CCC2CNC[C@@H]21. The third-order valence-electron chi connectivity index (χ3n) is 5.27. The van der Waals surface area contributed by atoms with Gasteiger partial charge in [-0.25, -0.2) is 9.18 Å². The van der Waals surface area contributed by atoms with E-state index in [4.69, 9.17) is 4.74 Å². The number of likely N-dealkylation sites (tertiary alicyclic amines) is 1. The quantitative estimate of drug-likeness (QED) is 0.797. The van der Waals surface area contributed by atoms with Gasteiger partial charge in [0.05, 0.1) is 6.54 Å². The second-order valence-electron chi connectivity index (χ2n) is 8.26. The first-order valence-electron chi connectivity index (χ1n) is 8.89. The lowest BCUT2D eigenvalue weighted by atomic mass is 9.97. The zero-order chi connectivity index (χ0) is 17.5. The number of carbonyl (C=O) groups excluding carboxylic acids is 2. The molecule has 2 aliphatic heterocycles. The Bertz CT molecular complexity index is 508. The Morgan fingerprint density at radius 1 is 1.25 bits per heavy atom. The fraction of sp³-hybridized carbons (Fsp3) is 0.882. The first-order chi connectivity index (χ1) is 11.2. The van der Waals surface area contributed by atoms with E-state index in [1.165, 1.54) is 4.90 Å². The molecule has 2 amide bonds. The molecule has 3 aliphatic rings. The molecule has 2 N–H and O–H groups in total. The predicted octanol–water partition coefficient (Wildman–Crippen LogP) is 1.45. The first kappa shape index (κ1) is 17.5. The number of nitrogens with zero attached hydrogens (tertiary/aromatic N) is 1. The van der Waals surface area contributed by atoms with Crippen LogP contribution in [-0.4, -0.2) is 60.4 Å². The van der Waals surface area contributed by atoms with Crippen molar-refractivity contribution in [3.63, 3.8) is 0 Å². The normalized spacial score (nSPS) is 35.8. The number of ether oxygens (including phenoxy) is 1. The molecule has 3 fully saturated rings. The van der Waals surface area contributed by atoms with Crippen LogP contribution in [0.3, 0.4) is 0 Å². The second-order valence-corrected chi connectivity index (χ2v) is 8.26. The maximum atomic E-state index is 13.9. The zero-order valence-corrected chi connectivity index (χ0v) is 14.7. The summed E-state index contributed by atoms with van der Waals surface area (Å²) in [5.41, 5.74) is -0.666. The smallest absolute Gasteiger partial charge is 0.411 e. The third kappa shape index (κ3) is 3.66. The lowest BCUT2D eigenvalue weighted by Crippen LogP contribution is -2.51. The summed E-state index contributed by atoms with van der Waals surface area (Å²) in [6.07, 6.45) is 0.312. The maximum absolute atomic E-state index is 13.9. The van der Waals surface area contributed by atoms with Gasteiger partial charge in [0.2, 0.25) is 5.91 Å². The number of amides is 2. The number of fused-ring (bicyclic) bond motifs is 1. The van der Waals surface area contributed by atoms with Crippen molar-refractivity contribution in [1.29, 1.82) is 0 Å². The summed E-state index contributed by atoms with van der Waals surface area (Å²) in [7, 11) is 0. The topological polar surface area (TPSA) is 70.7 Å². The van der Waals surface area contributed by atoms with Crippen LogP contribution in [0.25, 0.3) is 0 Å². The molecule has 3 rings (SSSR count). The van der Waals surface area contributed by atoms with Gasteiger partial charge in [-0.15, -0.1) is 0 Å². The van der Waals surface area contributed by atoms with Gasteiger partial charge in [-0.1, -0.05) is 0 Å². The minimum atomic E-state index is -1.18. The van der Waals surface area contributed by atoms with E-state index in [2.05, 4.69) is 10.6 Å². The zero-order valence-electron chi connectivity index (χ0n) is 14.7. The fourth-order valence-electron chi connectivity index (χ4n) is 4.16. The summed E-state index contributed by atoms with van der Waals surface area (Å²) in [5, 5.41) is 6.43. The van der Waals surface area contributed by atoms with Crippen LogP contribution < -0.4 is 10.6 Å². The number of rotatable bonds is 2. The number of alkyl halides is 1. The summed E-state index contributed by atoms with van der Waals surface area (Å²) in [6.45, 7) is 7.13. The number of hydrogen-bond acceptors (Lipinski definition) is 4. The Kier molecular flexibility index (Phi) is 4.73. The van der Waals surface area contributed by atoms with Crippen LogP contribution in [0.15, 0.2) is 0 Å². The highest BCUT2D eigenvalue weighted by molar-refractivity contribution is 5.86. The maximum Gasteiger partial charge on any atom is 0.411 e. The molecule has 24 heavy (non-hydrogen) atoms. The van der Waals surface area contributed by atoms with Crippen molar-refractivity contribution in [2.75, 3.05) is 19.6 Å². The van der Waals surface area contributed by atoms with Crippen molar-refractivity contribution in [3.05, 3.63) is 0 Å². The van der Waals surface area contributed by atoms with Gasteiger partial charge >= 0.3 is 6.09 Å². The molecule has 4 unspecified atom stereocenters. The van der Waals surface area contributed by atoms with Crippen molar-refractivity contribution in [2.45, 2.75) is 63.9 Å². The number of nitrogens with one attached hydrogen (secondary N) is 2. The van der Waals surface area contributed by atoms with E-state index >= 15 is 0 Å². The Morgan fingerprint density at radius 2 is 2.00 bits per heavy atom. The minimum absolute atomic E-state index is 0.0458. The molecular weight excluding hydrogens is 313 g/mol. The van der Waals surface area contributed by atoms with E-state index in [0.717, 1.165) is 25.9 Å². The van der Waals surface area contributed by atoms with E-state index in [0.29, 0.717) is 11.8 Å². The molecule has 1 aliphatic carbocycles. The summed E-state index contributed by atoms with van der Waals surface area (Å²) in [6, 6.07) is -0.653. The molecule has 5 atom stereocenters. The Balaban J connectivity index is 1.63. The van der Waals surface area contributed by atoms with Crippen LogP contribution >= 0.6 is 0 Å². The minimum Gasteiger partial charge on any atom is -0.444 e. The molecule has 7 heteroatoms. The Morgan fingerprint density at radius 3 is 2.71 bits per heavy atom. The first-order valence-corrected chi connectivity index (χ1v) is 8.89. The highest BCUT2D eigenvalue weighted by Crippen LogP contribution is 2.35. The molecular formula is C17H28FN3O3. The van der Waals surface area contributed by atoms with Crippen LogP contribution in [0.4, 0.5) is 9.18 Å². The molecule has 2 heterocycles. The number of halogens is 1. The molecule has 2 saturated heterocycles. The van der Waals surface area contributed by atoms with Crippen molar-refractivity contribution >= 4 is 12.0 Å². The van der Waals surface area contributed by atoms with E-state index in [1.807, 2.05) is 0 Å². The monoisotopic (exact) mass is 341 g/mol. The average Bonchev–Trinajstić information content (AvgIpc) is 3.13. The molecule has 0 bridgehead atoms. The highest BCUT2D eigenvalue weighted by atomic mass is 19.1. The summed E-state index contributed by atoms with van der Waals surface area (Å²) < 4.78 is 19.2. The lowest BCUT2D eigenvalue weighted by Gasteiger charge is -2.29. The standard InChI is InChI=1S/C17H28FN3O3/c1-17(2,3)24-16(23)21-9-11(18)6-14(21)15(22)20-13-5-4-10-7-19-8-12(10)13/h10-14,19H,4-9H2,1-3H3,(H,20,22)/t10?,11?,12-,13?,14?/m0/s1. The van der Waals surface area contributed by atoms with Gasteiger partial charge in [0, 0.05) is 19.0 Å². The molecule has 1 saturated carbocycles. The van der Waals surface area contributed by atoms with E-state index < -0.39 is 23.9 Å². The van der Waals surface area contributed by atoms with Crippen LogP contribution in [0.2, 0.25) is 0 Å². The molecule has 136 valence electrons. The molecule has 0 aromatic rings. The third-order valence-corrected chi connectivity index (χ3v) is 5.27. The fourth-order valence-corrected chi connectivity index (χ4v) is 4.16. The molecule has 0 radical (unpaired) electrons. The molecule has 0 aromatic carbocycles. The van der Waals surface area contributed by atoms with E-state index in [1.54, 1.807) is 20.8 Å². The van der Waals surface area contributed by atoms with Gasteiger partial charge in [0.1, 0.15) is 17.8 Å². The van der Waals surface area contributed by atoms with Gasteiger partial charge < -0.3 is 15.4 Å². The average molecular weight is 341 g/mol. The van der Waals surface area contributed by atoms with E-state index in [9.17, 15) is 14.0 Å². The number of hydrogen-bond donors (Lipinski definition) is 2. The van der Waals surface area contributed by atoms with Crippen LogP contribution in [0.1, 0.15) is 40.0 Å². The second kappa shape index (κ2) is 6.50. The van der Waals surface area contributed by atoms with Gasteiger partial charge in [0.25, 0.3) is 0 Å². The summed E-state index contributed by atoms with van der Waals surface area (Å²) in [5.74, 6) is 0.819. The summed E-state index contributed by atoms with van der Waals surface area (Å²) in [4.78, 5) is 26.2.